The Morgan fingerprint density at radius 2 is 2.06 bits per heavy atom. The molecule has 0 fully saturated rings. The molecule has 0 aliphatic heterocycles. The molecule has 0 heterocycles. The predicted octanol–water partition coefficient (Wildman–Crippen LogP) is 4.00. The van der Waals surface area contributed by atoms with Crippen molar-refractivity contribution in [3.8, 4) is 0 Å². The largest absolute Gasteiger partial charge is 0.313 e. The van der Waals surface area contributed by atoms with Crippen molar-refractivity contribution in [2.24, 2.45) is 0 Å². The average Bonchev–Trinajstić information content (AvgIpc) is 2.36. The minimum atomic E-state index is -0.487. The van der Waals surface area contributed by atoms with Gasteiger partial charge in [-0.15, -0.1) is 0 Å². The van der Waals surface area contributed by atoms with Crippen molar-refractivity contribution in [2.75, 3.05) is 18.1 Å². The summed E-state index contributed by atoms with van der Waals surface area (Å²) in [5.41, 5.74) is 0.159. The van der Waals surface area contributed by atoms with Crippen LogP contribution in [0.25, 0.3) is 0 Å². The van der Waals surface area contributed by atoms with Crippen LogP contribution in [0, 0.1) is 11.6 Å². The average molecular weight is 338 g/mol. The van der Waals surface area contributed by atoms with Crippen LogP contribution in [0.5, 0.6) is 0 Å². The molecule has 0 aliphatic carbocycles. The van der Waals surface area contributed by atoms with Gasteiger partial charge in [-0.1, -0.05) is 13.8 Å². The number of nitrogens with one attached hydrogen (secondary N) is 1. The lowest BCUT2D eigenvalue weighted by Gasteiger charge is -2.18. The third-order valence-electron chi connectivity index (χ3n) is 2.61. The van der Waals surface area contributed by atoms with Crippen LogP contribution in [0.15, 0.2) is 16.6 Å². The van der Waals surface area contributed by atoms with E-state index in [1.54, 1.807) is 11.8 Å². The van der Waals surface area contributed by atoms with Gasteiger partial charge in [0.05, 0.1) is 4.47 Å². The smallest absolute Gasteiger partial charge is 0.143 e. The Morgan fingerprint density at radius 3 is 2.67 bits per heavy atom. The van der Waals surface area contributed by atoms with E-state index in [-0.39, 0.29) is 11.6 Å². The highest BCUT2D eigenvalue weighted by molar-refractivity contribution is 9.10. The number of likely N-dealkylation sites (N-methyl/N-ethyl adjacent to an activating group) is 1. The summed E-state index contributed by atoms with van der Waals surface area (Å²) in [6.45, 7) is 4.87. The molecule has 1 atom stereocenters. The molecule has 0 saturated carbocycles. The zero-order valence-electron chi connectivity index (χ0n) is 10.6. The third-order valence-corrected chi connectivity index (χ3v) is 4.26. The quantitative estimate of drug-likeness (QED) is 0.754. The zero-order chi connectivity index (χ0) is 13.5. The molecule has 1 unspecified atom stereocenters. The highest BCUT2D eigenvalue weighted by Gasteiger charge is 2.17. The highest BCUT2D eigenvalue weighted by atomic mass is 79.9. The summed E-state index contributed by atoms with van der Waals surface area (Å²) in [6, 6.07) is 2.80. The van der Waals surface area contributed by atoms with Gasteiger partial charge in [-0.05, 0) is 46.8 Å². The molecule has 102 valence electrons. The van der Waals surface area contributed by atoms with E-state index in [0.29, 0.717) is 10.9 Å². The number of thioether (sulfide) groups is 1. The van der Waals surface area contributed by atoms with Gasteiger partial charge in [0.1, 0.15) is 11.6 Å². The van der Waals surface area contributed by atoms with E-state index in [0.717, 1.165) is 18.1 Å². The SMILES string of the molecule is CCNC(CSCC)Cc1c(F)ccc(Br)c1F. The summed E-state index contributed by atoms with van der Waals surface area (Å²) in [4.78, 5) is 0. The number of hydrogen-bond donors (Lipinski definition) is 1. The van der Waals surface area contributed by atoms with Gasteiger partial charge in [0.25, 0.3) is 0 Å². The van der Waals surface area contributed by atoms with E-state index in [1.807, 2.05) is 6.92 Å². The van der Waals surface area contributed by atoms with Crippen molar-refractivity contribution in [2.45, 2.75) is 26.3 Å². The molecule has 1 N–H and O–H groups in total. The second kappa shape index (κ2) is 8.12. The van der Waals surface area contributed by atoms with Gasteiger partial charge >= 0.3 is 0 Å². The molecule has 18 heavy (non-hydrogen) atoms. The molecule has 1 aromatic carbocycles. The molecule has 1 nitrogen and oxygen atoms in total. The molecule has 0 spiro atoms. The van der Waals surface area contributed by atoms with Crippen LogP contribution in [0.4, 0.5) is 8.78 Å². The molecule has 0 saturated heterocycles. The van der Waals surface area contributed by atoms with Crippen LogP contribution in [0.1, 0.15) is 19.4 Å². The van der Waals surface area contributed by atoms with Gasteiger partial charge in [-0.2, -0.15) is 11.8 Å². The Morgan fingerprint density at radius 1 is 1.33 bits per heavy atom. The fraction of sp³-hybridized carbons (Fsp3) is 0.538. The van der Waals surface area contributed by atoms with Gasteiger partial charge in [0.15, 0.2) is 0 Å². The number of rotatable bonds is 7. The summed E-state index contributed by atoms with van der Waals surface area (Å²) < 4.78 is 27.8. The van der Waals surface area contributed by atoms with Crippen LogP contribution >= 0.6 is 27.7 Å². The van der Waals surface area contributed by atoms with E-state index in [9.17, 15) is 8.78 Å². The van der Waals surface area contributed by atoms with Crippen LogP contribution in [0.2, 0.25) is 0 Å². The van der Waals surface area contributed by atoms with E-state index < -0.39 is 11.6 Å². The summed E-state index contributed by atoms with van der Waals surface area (Å²) >= 11 is 4.87. The van der Waals surface area contributed by atoms with Gasteiger partial charge in [0.2, 0.25) is 0 Å². The van der Waals surface area contributed by atoms with Crippen LogP contribution in [0.3, 0.4) is 0 Å². The molecule has 1 rings (SSSR count). The van der Waals surface area contributed by atoms with Crippen molar-refractivity contribution in [1.29, 1.82) is 0 Å². The molecule has 1 aromatic rings. The van der Waals surface area contributed by atoms with Crippen LogP contribution in [-0.2, 0) is 6.42 Å². The summed E-state index contributed by atoms with van der Waals surface area (Å²) in [5, 5.41) is 3.27. The summed E-state index contributed by atoms with van der Waals surface area (Å²) in [6.07, 6.45) is 0.373. The van der Waals surface area contributed by atoms with Crippen LogP contribution < -0.4 is 5.32 Å². The first-order valence-corrected chi connectivity index (χ1v) is 7.98. The molecular weight excluding hydrogens is 320 g/mol. The Hall–Kier alpha value is -0.130. The highest BCUT2D eigenvalue weighted by Crippen LogP contribution is 2.23. The maximum atomic E-state index is 13.9. The Labute approximate surface area is 120 Å². The topological polar surface area (TPSA) is 12.0 Å². The van der Waals surface area contributed by atoms with E-state index in [2.05, 4.69) is 28.2 Å². The first-order chi connectivity index (χ1) is 8.60. The van der Waals surface area contributed by atoms with E-state index in [4.69, 9.17) is 0 Å². The molecule has 0 radical (unpaired) electrons. The monoisotopic (exact) mass is 337 g/mol. The Kier molecular flexibility index (Phi) is 7.19. The van der Waals surface area contributed by atoms with Crippen molar-refractivity contribution in [3.05, 3.63) is 33.8 Å². The van der Waals surface area contributed by atoms with Crippen molar-refractivity contribution >= 4 is 27.7 Å². The minimum Gasteiger partial charge on any atom is -0.313 e. The zero-order valence-corrected chi connectivity index (χ0v) is 13.0. The minimum absolute atomic E-state index is 0.0956. The van der Waals surface area contributed by atoms with E-state index >= 15 is 0 Å². The molecule has 0 aromatic heterocycles. The lowest BCUT2D eigenvalue weighted by Crippen LogP contribution is -2.34. The number of halogens is 3. The maximum Gasteiger partial charge on any atom is 0.143 e. The molecule has 0 aliphatic rings. The Bertz CT molecular complexity index is 387. The normalized spacial score (nSPS) is 12.7. The summed E-state index contributed by atoms with van der Waals surface area (Å²) in [5.74, 6) is 0.903. The second-order valence-corrected chi connectivity index (χ2v) is 6.11. The van der Waals surface area contributed by atoms with Crippen molar-refractivity contribution in [1.82, 2.24) is 5.32 Å². The van der Waals surface area contributed by atoms with Crippen LogP contribution in [-0.4, -0.2) is 24.1 Å². The van der Waals surface area contributed by atoms with Crippen molar-refractivity contribution < 1.29 is 8.78 Å². The van der Waals surface area contributed by atoms with Gasteiger partial charge < -0.3 is 5.32 Å². The van der Waals surface area contributed by atoms with Gasteiger partial charge in [-0.3, -0.25) is 0 Å². The molecule has 0 amide bonds. The summed E-state index contributed by atoms with van der Waals surface area (Å²) in [7, 11) is 0. The fourth-order valence-electron chi connectivity index (χ4n) is 1.74. The lowest BCUT2D eigenvalue weighted by atomic mass is 10.1. The lowest BCUT2D eigenvalue weighted by molar-refractivity contribution is 0.509. The molecule has 5 heteroatoms. The number of benzene rings is 1. The fourth-order valence-corrected chi connectivity index (χ4v) is 2.87. The first-order valence-electron chi connectivity index (χ1n) is 6.03. The molecular formula is C13H18BrF2NS. The van der Waals surface area contributed by atoms with E-state index in [1.165, 1.54) is 12.1 Å². The first kappa shape index (κ1) is 15.9. The van der Waals surface area contributed by atoms with Crippen molar-refractivity contribution in [3.63, 3.8) is 0 Å². The predicted molar refractivity (Wildman–Crippen MR) is 78.2 cm³/mol. The van der Waals surface area contributed by atoms with Gasteiger partial charge in [-0.25, -0.2) is 8.78 Å². The Balaban J connectivity index is 2.82. The maximum absolute atomic E-state index is 13.9. The third kappa shape index (κ3) is 4.52. The standard InChI is InChI=1S/C13H18BrF2NS/c1-3-17-9(8-18-4-2)7-10-12(15)6-5-11(14)13(10)16/h5-6,9,17H,3-4,7-8H2,1-2H3. The van der Waals surface area contributed by atoms with Gasteiger partial charge in [0, 0.05) is 17.4 Å². The molecule has 0 bridgehead atoms. The second-order valence-electron chi connectivity index (χ2n) is 3.94. The number of hydrogen-bond acceptors (Lipinski definition) is 2.